The summed E-state index contributed by atoms with van der Waals surface area (Å²) in [5.41, 5.74) is 0.199. The Morgan fingerprint density at radius 3 is 2.31 bits per heavy atom. The Hall–Kier alpha value is -0.340. The standard InChI is InChI=1S/C8H11NO5S.Na/c1-5(2)8(9-10)6-3-4-7(14-6)15(11,12)13;/h3-5,9H,1-2H3,(H-,10,11,12,13);/q;+1/p-1. The number of hydrogen-bond acceptors (Lipinski definition) is 5. The van der Waals surface area contributed by atoms with E-state index in [0.717, 1.165) is 6.07 Å². The first kappa shape index (κ1) is 15.7. The summed E-state index contributed by atoms with van der Waals surface area (Å²) in [4.78, 5) is 0. The molecular formula is C8H10NNaO5S. The fourth-order valence-electron chi connectivity index (χ4n) is 1.05. The summed E-state index contributed by atoms with van der Waals surface area (Å²) in [6.45, 7) is 3.46. The smallest absolute Gasteiger partial charge is 0.742 e. The number of furan rings is 1. The Bertz CT molecular complexity index is 476. The maximum absolute atomic E-state index is 10.6. The molecule has 0 aliphatic carbocycles. The molecule has 0 aliphatic rings. The van der Waals surface area contributed by atoms with Gasteiger partial charge in [-0.3, -0.25) is 0 Å². The summed E-state index contributed by atoms with van der Waals surface area (Å²) in [6, 6.07) is 2.29. The third-order valence-electron chi connectivity index (χ3n) is 1.78. The minimum atomic E-state index is -4.61. The molecule has 6 nitrogen and oxygen atoms in total. The molecule has 0 saturated heterocycles. The van der Waals surface area contributed by atoms with Gasteiger partial charge in [0.25, 0.3) is 0 Å². The Morgan fingerprint density at radius 2 is 2.00 bits per heavy atom. The molecule has 8 heteroatoms. The van der Waals surface area contributed by atoms with Crippen LogP contribution in [0.15, 0.2) is 21.6 Å². The van der Waals surface area contributed by atoms with Crippen molar-refractivity contribution in [2.45, 2.75) is 18.9 Å². The van der Waals surface area contributed by atoms with Crippen molar-refractivity contribution in [1.82, 2.24) is 0 Å². The molecule has 1 aromatic rings. The Kier molecular flexibility index (Phi) is 5.71. The van der Waals surface area contributed by atoms with Crippen molar-refractivity contribution in [2.75, 3.05) is 0 Å². The average molecular weight is 255 g/mol. The van der Waals surface area contributed by atoms with E-state index in [9.17, 15) is 18.2 Å². The van der Waals surface area contributed by atoms with Gasteiger partial charge in [0.1, 0.15) is 0 Å². The van der Waals surface area contributed by atoms with Gasteiger partial charge < -0.3 is 14.2 Å². The third kappa shape index (κ3) is 3.60. The van der Waals surface area contributed by atoms with Gasteiger partial charge in [-0.15, -0.1) is 0 Å². The van der Waals surface area contributed by atoms with Crippen LogP contribution in [0.1, 0.15) is 19.6 Å². The summed E-state index contributed by atoms with van der Waals surface area (Å²) < 4.78 is 36.5. The molecule has 0 bridgehead atoms. The molecule has 0 saturated carbocycles. The molecule has 16 heavy (non-hydrogen) atoms. The van der Waals surface area contributed by atoms with Crippen molar-refractivity contribution < 1.29 is 52.1 Å². The minimum absolute atomic E-state index is 0. The second kappa shape index (κ2) is 5.83. The van der Waals surface area contributed by atoms with Crippen molar-refractivity contribution in [2.24, 2.45) is 5.92 Å². The molecule has 1 aromatic heterocycles. The minimum Gasteiger partial charge on any atom is -0.742 e. The van der Waals surface area contributed by atoms with E-state index in [1.54, 1.807) is 19.0 Å². The summed E-state index contributed by atoms with van der Waals surface area (Å²) in [5, 5.41) is 11.5. The zero-order valence-corrected chi connectivity index (χ0v) is 12.0. The molecule has 0 amide bonds. The van der Waals surface area contributed by atoms with E-state index in [0.29, 0.717) is 0 Å². The van der Waals surface area contributed by atoms with E-state index in [1.807, 2.05) is 0 Å². The van der Waals surface area contributed by atoms with E-state index in [2.05, 4.69) is 0 Å². The van der Waals surface area contributed by atoms with Crippen LogP contribution >= 0.6 is 0 Å². The van der Waals surface area contributed by atoms with Crippen LogP contribution in [0.25, 0.3) is 0 Å². The summed E-state index contributed by atoms with van der Waals surface area (Å²) in [6.07, 6.45) is 0. The largest absolute Gasteiger partial charge is 1.00 e. The molecule has 0 unspecified atom stereocenters. The summed E-state index contributed by atoms with van der Waals surface area (Å²) in [7, 11) is -4.61. The quantitative estimate of drug-likeness (QED) is 0.196. The van der Waals surface area contributed by atoms with E-state index >= 15 is 0 Å². The van der Waals surface area contributed by atoms with Gasteiger partial charge in [-0.1, -0.05) is 13.8 Å². The van der Waals surface area contributed by atoms with E-state index in [4.69, 9.17) is 4.42 Å². The first-order valence-corrected chi connectivity index (χ1v) is 5.58. The number of rotatable bonds is 3. The van der Waals surface area contributed by atoms with Gasteiger partial charge in [0, 0.05) is 5.92 Å². The summed E-state index contributed by atoms with van der Waals surface area (Å²) in [5.74, 6) is -0.0923. The molecular weight excluding hydrogens is 245 g/mol. The molecule has 1 heterocycles. The summed E-state index contributed by atoms with van der Waals surface area (Å²) >= 11 is 0. The average Bonchev–Trinajstić information content (AvgIpc) is 2.52. The fourth-order valence-corrected chi connectivity index (χ4v) is 1.48. The van der Waals surface area contributed by atoms with Crippen LogP contribution in [0.3, 0.4) is 0 Å². The molecule has 84 valence electrons. The van der Waals surface area contributed by atoms with Crippen LogP contribution in [0.2, 0.25) is 0 Å². The van der Waals surface area contributed by atoms with Gasteiger partial charge in [0.15, 0.2) is 15.9 Å². The normalized spacial score (nSPS) is 12.6. The maximum atomic E-state index is 10.6. The first-order valence-electron chi connectivity index (χ1n) is 4.17. The Morgan fingerprint density at radius 1 is 1.44 bits per heavy atom. The van der Waals surface area contributed by atoms with Gasteiger partial charge in [0.2, 0.25) is 10.8 Å². The van der Waals surface area contributed by atoms with Gasteiger partial charge in [-0.2, -0.15) is 0 Å². The van der Waals surface area contributed by atoms with Crippen molar-refractivity contribution in [1.29, 1.82) is 0 Å². The van der Waals surface area contributed by atoms with Gasteiger partial charge in [-0.05, 0) is 12.1 Å². The molecule has 1 rings (SSSR count). The van der Waals surface area contributed by atoms with Gasteiger partial charge in [-0.25, -0.2) is 13.6 Å². The molecule has 0 radical (unpaired) electrons. The van der Waals surface area contributed by atoms with Crippen molar-refractivity contribution >= 4 is 15.8 Å². The van der Waals surface area contributed by atoms with Crippen molar-refractivity contribution in [3.63, 3.8) is 0 Å². The topological polar surface area (TPSA) is 107 Å². The second-order valence-corrected chi connectivity index (χ2v) is 4.55. The van der Waals surface area contributed by atoms with Crippen LogP contribution in [-0.2, 0) is 10.1 Å². The van der Waals surface area contributed by atoms with Gasteiger partial charge >= 0.3 is 29.6 Å². The number of hydrogen-bond donors (Lipinski definition) is 1. The first-order chi connectivity index (χ1) is 6.86. The zero-order valence-electron chi connectivity index (χ0n) is 9.18. The Labute approximate surface area is 115 Å². The van der Waals surface area contributed by atoms with Crippen LogP contribution in [0.5, 0.6) is 0 Å². The van der Waals surface area contributed by atoms with Gasteiger partial charge in [0.05, 0.1) is 0 Å². The van der Waals surface area contributed by atoms with Crippen LogP contribution in [0.4, 0.5) is 0 Å². The zero-order chi connectivity index (χ0) is 11.6. The van der Waals surface area contributed by atoms with Crippen LogP contribution in [-0.4, -0.2) is 18.7 Å². The molecule has 1 N–H and O–H groups in total. The fraction of sp³-hybridized carbons (Fsp3) is 0.375. The van der Waals surface area contributed by atoms with Crippen LogP contribution < -0.4 is 34.7 Å². The predicted octanol–water partition coefficient (Wildman–Crippen LogP) is -3.79. The molecule has 0 aliphatic heterocycles. The SMILES string of the molecule is CC(C)C(=[NH+][O-])c1ccc(S(=O)(=O)[O-])o1.[Na+]. The maximum Gasteiger partial charge on any atom is 1.00 e. The molecule has 0 spiro atoms. The predicted molar refractivity (Wildman–Crippen MR) is 49.9 cm³/mol. The molecule has 0 fully saturated rings. The van der Waals surface area contributed by atoms with E-state index in [-0.39, 0.29) is 46.9 Å². The number of nitrogens with one attached hydrogen (secondary N) is 1. The van der Waals surface area contributed by atoms with Crippen molar-refractivity contribution in [3.8, 4) is 0 Å². The second-order valence-electron chi connectivity index (χ2n) is 3.24. The van der Waals surface area contributed by atoms with Crippen LogP contribution in [0, 0.1) is 11.1 Å². The van der Waals surface area contributed by atoms with Crippen molar-refractivity contribution in [3.05, 3.63) is 23.1 Å². The van der Waals surface area contributed by atoms with E-state index in [1.165, 1.54) is 6.07 Å². The monoisotopic (exact) mass is 255 g/mol. The third-order valence-corrected chi connectivity index (χ3v) is 2.49. The molecule has 0 aromatic carbocycles. The van der Waals surface area contributed by atoms with E-state index < -0.39 is 15.2 Å². The Balaban J connectivity index is 0.00000225. The molecule has 0 atom stereocenters.